The van der Waals surface area contributed by atoms with Crippen LogP contribution in [0.2, 0.25) is 0 Å². The molecule has 1 saturated heterocycles. The lowest BCUT2D eigenvalue weighted by Gasteiger charge is -2.34. The number of hydrogen-bond donors (Lipinski definition) is 1. The molecule has 0 unspecified atom stereocenters. The number of rotatable bonds is 6. The molecule has 0 spiro atoms. The van der Waals surface area contributed by atoms with Gasteiger partial charge in [-0.15, -0.1) is 0 Å². The lowest BCUT2D eigenvalue weighted by atomic mass is 10.1. The zero-order valence-electron chi connectivity index (χ0n) is 14.6. The molecule has 2 heterocycles. The van der Waals surface area contributed by atoms with Crippen LogP contribution >= 0.6 is 0 Å². The van der Waals surface area contributed by atoms with E-state index in [0.29, 0.717) is 25.4 Å². The third-order valence-electron chi connectivity index (χ3n) is 4.32. The number of nitrogens with zero attached hydrogens (tertiary/aromatic N) is 3. The van der Waals surface area contributed by atoms with Crippen molar-refractivity contribution < 1.29 is 13.9 Å². The summed E-state index contributed by atoms with van der Waals surface area (Å²) in [4.78, 5) is 21.1. The maximum Gasteiger partial charge on any atom is 0.257 e. The smallest absolute Gasteiger partial charge is 0.257 e. The Kier molecular flexibility index (Phi) is 6.14. The number of carbonyl (C=O) groups excluding carboxylic acids is 1. The van der Waals surface area contributed by atoms with Crippen molar-refractivity contribution in [2.45, 2.75) is 6.54 Å². The van der Waals surface area contributed by atoms with Crippen molar-refractivity contribution in [3.05, 3.63) is 59.7 Å². The molecular weight excluding hydrogens is 335 g/mol. The van der Waals surface area contributed by atoms with Crippen LogP contribution in [-0.2, 0) is 6.54 Å². The molecule has 1 aliphatic heterocycles. The maximum absolute atomic E-state index is 13.6. The molecule has 1 aromatic heterocycles. The summed E-state index contributed by atoms with van der Waals surface area (Å²) in [7, 11) is 0. The lowest BCUT2D eigenvalue weighted by Crippen LogP contribution is -2.48. The molecule has 1 amide bonds. The molecular formula is C19H23FN4O2. The fourth-order valence-electron chi connectivity index (χ4n) is 2.96. The van der Waals surface area contributed by atoms with E-state index in [1.165, 1.54) is 18.2 Å². The summed E-state index contributed by atoms with van der Waals surface area (Å²) in [5, 5.41) is 0. The number of benzene rings is 1. The molecule has 6 nitrogen and oxygen atoms in total. The van der Waals surface area contributed by atoms with Gasteiger partial charge >= 0.3 is 0 Å². The van der Waals surface area contributed by atoms with E-state index >= 15 is 0 Å². The van der Waals surface area contributed by atoms with Crippen molar-refractivity contribution in [3.63, 3.8) is 0 Å². The molecule has 0 saturated carbocycles. The standard InChI is InChI=1S/C19H23FN4O2/c20-15-4-5-18(26-12-6-21)17(13-15)19(25)24-10-8-23(9-11-24)14-16-3-1-2-7-22-16/h1-5,7,13H,6,8-12,14,21H2. The third kappa shape index (κ3) is 4.56. The van der Waals surface area contributed by atoms with Crippen molar-refractivity contribution in [1.82, 2.24) is 14.8 Å². The monoisotopic (exact) mass is 358 g/mol. The Hall–Kier alpha value is -2.51. The van der Waals surface area contributed by atoms with Gasteiger partial charge in [0.15, 0.2) is 0 Å². The number of pyridine rings is 1. The minimum absolute atomic E-state index is 0.214. The summed E-state index contributed by atoms with van der Waals surface area (Å²) in [6.45, 7) is 4.03. The van der Waals surface area contributed by atoms with Crippen molar-refractivity contribution in [1.29, 1.82) is 0 Å². The number of carbonyl (C=O) groups is 1. The average Bonchev–Trinajstić information content (AvgIpc) is 2.68. The number of nitrogens with two attached hydrogens (primary N) is 1. The van der Waals surface area contributed by atoms with E-state index in [1.807, 2.05) is 18.2 Å². The fourth-order valence-corrected chi connectivity index (χ4v) is 2.96. The van der Waals surface area contributed by atoms with Crippen LogP contribution < -0.4 is 10.5 Å². The highest BCUT2D eigenvalue weighted by Crippen LogP contribution is 2.22. The number of piperazine rings is 1. The largest absolute Gasteiger partial charge is 0.491 e. The zero-order chi connectivity index (χ0) is 18.4. The van der Waals surface area contributed by atoms with Gasteiger partial charge in [0, 0.05) is 45.5 Å². The molecule has 1 aliphatic rings. The van der Waals surface area contributed by atoms with Crippen molar-refractivity contribution in [3.8, 4) is 5.75 Å². The Bertz CT molecular complexity index is 734. The number of halogens is 1. The van der Waals surface area contributed by atoms with Gasteiger partial charge in [-0.05, 0) is 30.3 Å². The highest BCUT2D eigenvalue weighted by atomic mass is 19.1. The fraction of sp³-hybridized carbons (Fsp3) is 0.368. The number of amides is 1. The van der Waals surface area contributed by atoms with E-state index in [9.17, 15) is 9.18 Å². The first-order chi connectivity index (χ1) is 12.7. The molecule has 1 fully saturated rings. The molecule has 2 aromatic rings. The first kappa shape index (κ1) is 18.3. The van der Waals surface area contributed by atoms with E-state index in [1.54, 1.807) is 11.1 Å². The molecule has 0 bridgehead atoms. The predicted octanol–water partition coefficient (Wildman–Crippen LogP) is 1.52. The Morgan fingerprint density at radius 3 is 2.69 bits per heavy atom. The molecule has 2 N–H and O–H groups in total. The van der Waals surface area contributed by atoms with E-state index in [0.717, 1.165) is 25.3 Å². The van der Waals surface area contributed by atoms with E-state index in [-0.39, 0.29) is 18.1 Å². The minimum atomic E-state index is -0.456. The molecule has 0 atom stereocenters. The van der Waals surface area contributed by atoms with Crippen molar-refractivity contribution >= 4 is 5.91 Å². The molecule has 0 radical (unpaired) electrons. The van der Waals surface area contributed by atoms with Crippen molar-refractivity contribution in [2.75, 3.05) is 39.3 Å². The van der Waals surface area contributed by atoms with Crippen LogP contribution in [0, 0.1) is 5.82 Å². The second-order valence-corrected chi connectivity index (χ2v) is 6.17. The van der Waals surface area contributed by atoms with Crippen LogP contribution in [0.15, 0.2) is 42.6 Å². The zero-order valence-corrected chi connectivity index (χ0v) is 14.6. The summed E-state index contributed by atoms with van der Waals surface area (Å²) < 4.78 is 19.1. The van der Waals surface area contributed by atoms with Crippen LogP contribution in [0.4, 0.5) is 4.39 Å². The molecule has 3 rings (SSSR count). The summed E-state index contributed by atoms with van der Waals surface area (Å²) in [5.41, 5.74) is 6.70. The molecule has 138 valence electrons. The molecule has 26 heavy (non-hydrogen) atoms. The Morgan fingerprint density at radius 2 is 2.00 bits per heavy atom. The van der Waals surface area contributed by atoms with E-state index in [2.05, 4.69) is 9.88 Å². The molecule has 7 heteroatoms. The van der Waals surface area contributed by atoms with Crippen LogP contribution in [0.25, 0.3) is 0 Å². The second-order valence-electron chi connectivity index (χ2n) is 6.17. The van der Waals surface area contributed by atoms with Gasteiger partial charge in [0.05, 0.1) is 11.3 Å². The summed E-state index contributed by atoms with van der Waals surface area (Å²) in [6.07, 6.45) is 1.78. The van der Waals surface area contributed by atoms with Gasteiger partial charge in [-0.1, -0.05) is 6.07 Å². The number of ether oxygens (including phenoxy) is 1. The van der Waals surface area contributed by atoms with Crippen LogP contribution in [0.5, 0.6) is 5.75 Å². The summed E-state index contributed by atoms with van der Waals surface area (Å²) in [6, 6.07) is 9.85. The first-order valence-corrected chi connectivity index (χ1v) is 8.71. The third-order valence-corrected chi connectivity index (χ3v) is 4.32. The number of hydrogen-bond acceptors (Lipinski definition) is 5. The second kappa shape index (κ2) is 8.73. The van der Waals surface area contributed by atoms with Gasteiger partial charge in [-0.25, -0.2) is 4.39 Å². The topological polar surface area (TPSA) is 71.7 Å². The van der Waals surface area contributed by atoms with Gasteiger partial charge in [-0.2, -0.15) is 0 Å². The predicted molar refractivity (Wildman–Crippen MR) is 96.4 cm³/mol. The molecule has 1 aromatic carbocycles. The Balaban J connectivity index is 1.62. The first-order valence-electron chi connectivity index (χ1n) is 8.71. The summed E-state index contributed by atoms with van der Waals surface area (Å²) >= 11 is 0. The summed E-state index contributed by atoms with van der Waals surface area (Å²) in [5.74, 6) is -0.297. The van der Waals surface area contributed by atoms with Crippen molar-refractivity contribution in [2.24, 2.45) is 5.73 Å². The molecule has 0 aliphatic carbocycles. The highest BCUT2D eigenvalue weighted by molar-refractivity contribution is 5.97. The lowest BCUT2D eigenvalue weighted by molar-refractivity contribution is 0.0622. The van der Waals surface area contributed by atoms with Crippen LogP contribution in [0.3, 0.4) is 0 Å². The van der Waals surface area contributed by atoms with Gasteiger partial charge in [-0.3, -0.25) is 14.7 Å². The van der Waals surface area contributed by atoms with Gasteiger partial charge in [0.2, 0.25) is 0 Å². The average molecular weight is 358 g/mol. The van der Waals surface area contributed by atoms with Gasteiger partial charge in [0.25, 0.3) is 5.91 Å². The van der Waals surface area contributed by atoms with E-state index < -0.39 is 5.82 Å². The minimum Gasteiger partial charge on any atom is -0.491 e. The van der Waals surface area contributed by atoms with Crippen LogP contribution in [0.1, 0.15) is 16.1 Å². The maximum atomic E-state index is 13.6. The van der Waals surface area contributed by atoms with E-state index in [4.69, 9.17) is 10.5 Å². The Labute approximate surface area is 152 Å². The Morgan fingerprint density at radius 1 is 1.19 bits per heavy atom. The van der Waals surface area contributed by atoms with Gasteiger partial charge < -0.3 is 15.4 Å². The quantitative estimate of drug-likeness (QED) is 0.848. The normalized spacial score (nSPS) is 15.1. The van der Waals surface area contributed by atoms with Crippen LogP contribution in [-0.4, -0.2) is 60.0 Å². The van der Waals surface area contributed by atoms with Gasteiger partial charge in [0.1, 0.15) is 18.2 Å². The SMILES string of the molecule is NCCOc1ccc(F)cc1C(=O)N1CCN(Cc2ccccn2)CC1. The number of aromatic nitrogens is 1. The highest BCUT2D eigenvalue weighted by Gasteiger charge is 2.25.